The lowest BCUT2D eigenvalue weighted by molar-refractivity contribution is 0.392. The molecule has 2 aliphatic carbocycles. The van der Waals surface area contributed by atoms with Crippen LogP contribution in [0.2, 0.25) is 0 Å². The number of fused-ring (bicyclic) bond motifs is 3. The van der Waals surface area contributed by atoms with E-state index in [4.69, 9.17) is 4.74 Å². The number of epoxide rings is 1. The van der Waals surface area contributed by atoms with Gasteiger partial charge in [0, 0.05) is 5.39 Å². The lowest BCUT2D eigenvalue weighted by atomic mass is 9.91. The monoisotopic (exact) mass is 260 g/mol. The Hall–Kier alpha value is -2.39. The number of nitrogens with one attached hydrogen (secondary N) is 1. The highest BCUT2D eigenvalue weighted by atomic mass is 16.6. The molecule has 3 nitrogen and oxygen atoms in total. The van der Waals surface area contributed by atoms with Crippen LogP contribution in [-0.2, 0) is 4.74 Å². The number of benzene rings is 1. The molecule has 0 saturated carbocycles. The first kappa shape index (κ1) is 10.4. The first-order valence-electron chi connectivity index (χ1n) is 6.75. The fourth-order valence-electron chi connectivity index (χ4n) is 2.99. The van der Waals surface area contributed by atoms with Crippen LogP contribution in [0.1, 0.15) is 0 Å². The SMILES string of the molecule is C1=CC2=CC3(C=CC2=c2cc4cn[nH]c4cc2=C1)CO3. The van der Waals surface area contributed by atoms with Crippen molar-refractivity contribution in [2.75, 3.05) is 6.61 Å². The van der Waals surface area contributed by atoms with Crippen LogP contribution in [0.5, 0.6) is 0 Å². The van der Waals surface area contributed by atoms with E-state index in [1.807, 2.05) is 6.20 Å². The lowest BCUT2D eigenvalue weighted by Gasteiger charge is -2.13. The maximum atomic E-state index is 5.54. The number of hydrogen-bond acceptors (Lipinski definition) is 2. The maximum Gasteiger partial charge on any atom is 0.129 e. The number of rotatable bonds is 0. The molecule has 0 amide bonds. The van der Waals surface area contributed by atoms with Crippen molar-refractivity contribution < 1.29 is 4.74 Å². The highest BCUT2D eigenvalue weighted by Gasteiger charge is 2.41. The fourth-order valence-corrected chi connectivity index (χ4v) is 2.99. The van der Waals surface area contributed by atoms with E-state index in [0.717, 1.165) is 17.5 Å². The third-order valence-corrected chi connectivity index (χ3v) is 4.17. The van der Waals surface area contributed by atoms with Crippen LogP contribution >= 0.6 is 0 Å². The van der Waals surface area contributed by atoms with Gasteiger partial charge in [0.1, 0.15) is 5.60 Å². The largest absolute Gasteiger partial charge is 0.361 e. The molecule has 1 aliphatic heterocycles. The van der Waals surface area contributed by atoms with Crippen LogP contribution in [-0.4, -0.2) is 22.4 Å². The van der Waals surface area contributed by atoms with E-state index in [0.29, 0.717) is 0 Å². The van der Waals surface area contributed by atoms with E-state index in [1.165, 1.54) is 21.6 Å². The molecule has 1 spiro atoms. The van der Waals surface area contributed by atoms with Gasteiger partial charge in [-0.2, -0.15) is 5.10 Å². The standard InChI is InChI=1S/C17H12N2O/c1-2-11-7-16-13(9-18-19-16)6-15(11)14-4-5-17(10-20-17)8-12(14)3-1/h1-9,19H,10H2. The van der Waals surface area contributed by atoms with Crippen LogP contribution in [0.15, 0.2) is 54.3 Å². The molecule has 1 atom stereocenters. The quantitative estimate of drug-likeness (QED) is 0.726. The molecule has 20 heavy (non-hydrogen) atoms. The minimum Gasteiger partial charge on any atom is -0.361 e. The van der Waals surface area contributed by atoms with Gasteiger partial charge >= 0.3 is 0 Å². The van der Waals surface area contributed by atoms with Crippen LogP contribution < -0.4 is 10.4 Å². The van der Waals surface area contributed by atoms with E-state index in [1.54, 1.807) is 0 Å². The normalized spacial score (nSPS) is 26.0. The summed E-state index contributed by atoms with van der Waals surface area (Å²) in [6.07, 6.45) is 14.9. The third-order valence-electron chi connectivity index (χ3n) is 4.17. The van der Waals surface area contributed by atoms with Gasteiger partial charge in [-0.05, 0) is 45.9 Å². The predicted molar refractivity (Wildman–Crippen MR) is 78.3 cm³/mol. The van der Waals surface area contributed by atoms with Crippen LogP contribution in [0.25, 0.3) is 22.6 Å². The molecule has 2 heterocycles. The summed E-state index contributed by atoms with van der Waals surface area (Å²) in [4.78, 5) is 0. The molecule has 5 rings (SSSR count). The second kappa shape index (κ2) is 3.38. The van der Waals surface area contributed by atoms with Gasteiger partial charge in [-0.3, -0.25) is 5.10 Å². The minimum absolute atomic E-state index is 0.132. The molecule has 1 unspecified atom stereocenters. The molecule has 1 aromatic carbocycles. The second-order valence-corrected chi connectivity index (χ2v) is 5.51. The number of hydrogen-bond donors (Lipinski definition) is 1. The van der Waals surface area contributed by atoms with Gasteiger partial charge in [0.25, 0.3) is 0 Å². The zero-order valence-electron chi connectivity index (χ0n) is 10.8. The minimum atomic E-state index is -0.132. The Kier molecular flexibility index (Phi) is 1.76. The average molecular weight is 260 g/mol. The van der Waals surface area contributed by atoms with Crippen molar-refractivity contribution in [1.29, 1.82) is 0 Å². The van der Waals surface area contributed by atoms with Gasteiger partial charge in [0.2, 0.25) is 0 Å². The van der Waals surface area contributed by atoms with Crippen LogP contribution in [0.3, 0.4) is 0 Å². The maximum absolute atomic E-state index is 5.54. The van der Waals surface area contributed by atoms with Gasteiger partial charge in [-0.15, -0.1) is 0 Å². The summed E-state index contributed by atoms with van der Waals surface area (Å²) in [5, 5.41) is 10.8. The molecular formula is C17H12N2O. The first-order valence-corrected chi connectivity index (χ1v) is 6.75. The Balaban J connectivity index is 1.92. The number of aromatic amines is 1. The summed E-state index contributed by atoms with van der Waals surface area (Å²) >= 11 is 0. The smallest absolute Gasteiger partial charge is 0.129 e. The molecule has 1 aromatic heterocycles. The summed E-state index contributed by atoms with van der Waals surface area (Å²) in [6.45, 7) is 0.797. The summed E-state index contributed by atoms with van der Waals surface area (Å²) < 4.78 is 5.54. The van der Waals surface area contributed by atoms with Crippen molar-refractivity contribution in [2.45, 2.75) is 5.60 Å². The van der Waals surface area contributed by atoms with Crippen molar-refractivity contribution >= 4 is 22.6 Å². The predicted octanol–water partition coefficient (Wildman–Crippen LogP) is 1.33. The Morgan fingerprint density at radius 1 is 1.25 bits per heavy atom. The highest BCUT2D eigenvalue weighted by Crippen LogP contribution is 2.37. The van der Waals surface area contributed by atoms with Gasteiger partial charge in [-0.1, -0.05) is 24.3 Å². The number of ether oxygens (including phenoxy) is 1. The van der Waals surface area contributed by atoms with E-state index in [9.17, 15) is 0 Å². The summed E-state index contributed by atoms with van der Waals surface area (Å²) in [7, 11) is 0. The van der Waals surface area contributed by atoms with E-state index in [2.05, 4.69) is 58.8 Å². The lowest BCUT2D eigenvalue weighted by Crippen LogP contribution is -2.27. The van der Waals surface area contributed by atoms with E-state index < -0.39 is 0 Å². The molecule has 0 bridgehead atoms. The molecule has 1 fully saturated rings. The van der Waals surface area contributed by atoms with Crippen molar-refractivity contribution in [1.82, 2.24) is 10.2 Å². The summed E-state index contributed by atoms with van der Waals surface area (Å²) in [5.74, 6) is 0. The molecule has 1 saturated heterocycles. The molecule has 96 valence electrons. The number of allylic oxidation sites excluding steroid dienone is 4. The topological polar surface area (TPSA) is 41.2 Å². The zero-order valence-corrected chi connectivity index (χ0v) is 10.8. The Bertz CT molecular complexity index is 953. The number of H-pyrrole nitrogens is 1. The van der Waals surface area contributed by atoms with Crippen molar-refractivity contribution in [2.24, 2.45) is 0 Å². The van der Waals surface area contributed by atoms with Crippen molar-refractivity contribution in [3.63, 3.8) is 0 Å². The van der Waals surface area contributed by atoms with Crippen LogP contribution in [0, 0.1) is 0 Å². The summed E-state index contributed by atoms with van der Waals surface area (Å²) in [5.41, 5.74) is 3.44. The average Bonchev–Trinajstić information content (AvgIpc) is 3.08. The second-order valence-electron chi connectivity index (χ2n) is 5.51. The Morgan fingerprint density at radius 2 is 2.20 bits per heavy atom. The molecular weight excluding hydrogens is 248 g/mol. The van der Waals surface area contributed by atoms with Gasteiger partial charge in [0.15, 0.2) is 0 Å². The molecule has 1 N–H and O–H groups in total. The number of aromatic nitrogens is 2. The first-order chi connectivity index (χ1) is 9.83. The van der Waals surface area contributed by atoms with Gasteiger partial charge < -0.3 is 4.74 Å². The van der Waals surface area contributed by atoms with Crippen molar-refractivity contribution in [3.05, 3.63) is 64.7 Å². The van der Waals surface area contributed by atoms with Crippen molar-refractivity contribution in [3.8, 4) is 0 Å². The third kappa shape index (κ3) is 1.35. The highest BCUT2D eigenvalue weighted by molar-refractivity contribution is 5.85. The Labute approximate surface area is 115 Å². The van der Waals surface area contributed by atoms with Gasteiger partial charge in [-0.25, -0.2) is 0 Å². The van der Waals surface area contributed by atoms with E-state index >= 15 is 0 Å². The Morgan fingerprint density at radius 3 is 3.10 bits per heavy atom. The molecule has 2 aromatic rings. The zero-order chi connectivity index (χ0) is 13.2. The van der Waals surface area contributed by atoms with E-state index in [-0.39, 0.29) is 5.60 Å². The van der Waals surface area contributed by atoms with Crippen LogP contribution in [0.4, 0.5) is 0 Å². The van der Waals surface area contributed by atoms with Gasteiger partial charge in [0.05, 0.1) is 18.3 Å². The molecule has 3 heteroatoms. The fraction of sp³-hybridized carbons (Fsp3) is 0.118. The summed E-state index contributed by atoms with van der Waals surface area (Å²) in [6, 6.07) is 4.36. The number of nitrogens with zero attached hydrogens (tertiary/aromatic N) is 1. The molecule has 0 radical (unpaired) electrons. The molecule has 3 aliphatic rings.